The van der Waals surface area contributed by atoms with Gasteiger partial charge in [-0.15, -0.1) is 0 Å². The van der Waals surface area contributed by atoms with Crippen molar-refractivity contribution in [1.82, 2.24) is 9.97 Å². The number of rotatable bonds is 2. The Kier molecular flexibility index (Phi) is 3.75. The molecule has 0 amide bonds. The predicted molar refractivity (Wildman–Crippen MR) is 124 cm³/mol. The maximum absolute atomic E-state index is 7.85. The SMILES string of the molecule is [2H]C([2H])([2H])c1cc(C)cc(-c2nc(C)nc3c2ccc2c[c]([Ge]([CH3])([CH3])[CH3])cc(C)c23)c1. The van der Waals surface area contributed by atoms with Crippen molar-refractivity contribution in [3.8, 4) is 11.3 Å². The van der Waals surface area contributed by atoms with Gasteiger partial charge in [0.05, 0.1) is 0 Å². The number of hydrogen-bond acceptors (Lipinski definition) is 2. The predicted octanol–water partition coefficient (Wildman–Crippen LogP) is 6.23. The summed E-state index contributed by atoms with van der Waals surface area (Å²) in [7, 11) is 0. The molecule has 0 unspecified atom stereocenters. The van der Waals surface area contributed by atoms with Gasteiger partial charge in [-0.25, -0.2) is 0 Å². The summed E-state index contributed by atoms with van der Waals surface area (Å²) in [4.78, 5) is 9.57. The Bertz CT molecular complexity index is 1340. The second-order valence-electron chi connectivity index (χ2n) is 8.81. The summed E-state index contributed by atoms with van der Waals surface area (Å²) in [6, 6.07) is 14.4. The first-order valence-electron chi connectivity index (χ1n) is 11.2. The van der Waals surface area contributed by atoms with Gasteiger partial charge >= 0.3 is 175 Å². The van der Waals surface area contributed by atoms with Gasteiger partial charge in [-0.05, 0) is 0 Å². The first-order valence-corrected chi connectivity index (χ1v) is 17.0. The van der Waals surface area contributed by atoms with Gasteiger partial charge in [0.25, 0.3) is 0 Å². The molecular formula is C25H28GeN2. The van der Waals surface area contributed by atoms with Crippen molar-refractivity contribution in [3.63, 3.8) is 0 Å². The second-order valence-corrected chi connectivity index (χ2v) is 19.5. The monoisotopic (exact) mass is 433 g/mol. The molecule has 0 aliphatic heterocycles. The molecule has 0 radical (unpaired) electrons. The van der Waals surface area contributed by atoms with Crippen LogP contribution in [-0.4, -0.2) is 23.2 Å². The van der Waals surface area contributed by atoms with Crippen molar-refractivity contribution < 1.29 is 4.11 Å². The summed E-state index contributed by atoms with van der Waals surface area (Å²) in [5.41, 5.74) is 5.02. The first-order chi connectivity index (χ1) is 14.3. The van der Waals surface area contributed by atoms with Crippen molar-refractivity contribution in [2.24, 2.45) is 0 Å². The molecule has 0 spiro atoms. The number of fused-ring (bicyclic) bond motifs is 3. The van der Waals surface area contributed by atoms with E-state index in [2.05, 4.69) is 48.5 Å². The van der Waals surface area contributed by atoms with Crippen LogP contribution in [0.1, 0.15) is 26.6 Å². The molecular weight excluding hydrogens is 401 g/mol. The molecule has 2 nitrogen and oxygen atoms in total. The summed E-state index contributed by atoms with van der Waals surface area (Å²) in [6.45, 7) is 3.83. The molecule has 3 aromatic carbocycles. The van der Waals surface area contributed by atoms with Crippen LogP contribution in [0.5, 0.6) is 0 Å². The topological polar surface area (TPSA) is 25.8 Å². The van der Waals surface area contributed by atoms with Crippen LogP contribution in [0.15, 0.2) is 42.5 Å². The van der Waals surface area contributed by atoms with E-state index in [9.17, 15) is 0 Å². The third kappa shape index (κ3) is 3.35. The zero-order chi connectivity index (χ0) is 22.7. The van der Waals surface area contributed by atoms with Crippen LogP contribution in [0.3, 0.4) is 0 Å². The normalized spacial score (nSPS) is 14.1. The van der Waals surface area contributed by atoms with E-state index in [4.69, 9.17) is 14.1 Å². The third-order valence-electron chi connectivity index (χ3n) is 5.31. The second kappa shape index (κ2) is 6.70. The van der Waals surface area contributed by atoms with Gasteiger partial charge in [0.15, 0.2) is 0 Å². The average molecular weight is 432 g/mol. The summed E-state index contributed by atoms with van der Waals surface area (Å²) in [6.07, 6.45) is 0. The molecule has 4 aromatic rings. The van der Waals surface area contributed by atoms with E-state index in [1.54, 1.807) is 12.1 Å². The number of nitrogens with zero attached hydrogens (tertiary/aromatic N) is 2. The summed E-state index contributed by atoms with van der Waals surface area (Å²) in [5.74, 6) is 7.91. The zero-order valence-electron chi connectivity index (χ0n) is 20.4. The summed E-state index contributed by atoms with van der Waals surface area (Å²) in [5, 5.41) is 3.32. The Labute approximate surface area is 174 Å². The fraction of sp³-hybridized carbons (Fsp3) is 0.280. The average Bonchev–Trinajstić information content (AvgIpc) is 2.64. The van der Waals surface area contributed by atoms with E-state index in [-0.39, 0.29) is 0 Å². The van der Waals surface area contributed by atoms with Crippen LogP contribution in [0.25, 0.3) is 32.9 Å². The number of aryl methyl sites for hydroxylation is 4. The molecule has 0 bridgehead atoms. The summed E-state index contributed by atoms with van der Waals surface area (Å²) < 4.78 is 25.0. The molecule has 28 heavy (non-hydrogen) atoms. The van der Waals surface area contributed by atoms with E-state index in [0.29, 0.717) is 11.4 Å². The van der Waals surface area contributed by atoms with Crippen LogP contribution in [0.4, 0.5) is 0 Å². The fourth-order valence-corrected chi connectivity index (χ4v) is 6.54. The fourth-order valence-electron chi connectivity index (χ4n) is 3.95. The van der Waals surface area contributed by atoms with E-state index in [0.717, 1.165) is 33.1 Å². The molecule has 0 aliphatic carbocycles. The van der Waals surface area contributed by atoms with Crippen molar-refractivity contribution in [2.45, 2.75) is 44.9 Å². The molecule has 142 valence electrons. The van der Waals surface area contributed by atoms with Crippen LogP contribution >= 0.6 is 0 Å². The Balaban J connectivity index is 2.06. The number of benzene rings is 3. The van der Waals surface area contributed by atoms with Crippen LogP contribution in [0.2, 0.25) is 17.3 Å². The quantitative estimate of drug-likeness (QED) is 0.277. The molecule has 0 atom stereocenters. The van der Waals surface area contributed by atoms with Gasteiger partial charge < -0.3 is 0 Å². The van der Waals surface area contributed by atoms with Gasteiger partial charge in [-0.1, -0.05) is 0 Å². The molecule has 0 saturated carbocycles. The van der Waals surface area contributed by atoms with Gasteiger partial charge in [0, 0.05) is 0 Å². The van der Waals surface area contributed by atoms with Crippen LogP contribution in [-0.2, 0) is 0 Å². The molecule has 4 rings (SSSR count). The van der Waals surface area contributed by atoms with Gasteiger partial charge in [0.1, 0.15) is 0 Å². The Morgan fingerprint density at radius 3 is 2.32 bits per heavy atom. The van der Waals surface area contributed by atoms with Crippen LogP contribution in [0, 0.1) is 27.6 Å². The van der Waals surface area contributed by atoms with E-state index in [1.807, 2.05) is 19.9 Å². The number of hydrogen-bond donors (Lipinski definition) is 0. The first kappa shape index (κ1) is 15.7. The molecule has 1 heterocycles. The summed E-state index contributed by atoms with van der Waals surface area (Å²) >= 11 is -1.97. The van der Waals surface area contributed by atoms with E-state index >= 15 is 0 Å². The van der Waals surface area contributed by atoms with Crippen LogP contribution < -0.4 is 4.40 Å². The van der Waals surface area contributed by atoms with Crippen molar-refractivity contribution in [3.05, 3.63) is 65.0 Å². The Morgan fingerprint density at radius 2 is 1.61 bits per heavy atom. The third-order valence-corrected chi connectivity index (χ3v) is 9.55. The minimum atomic E-state index is -2.16. The van der Waals surface area contributed by atoms with E-state index in [1.165, 1.54) is 15.3 Å². The molecule has 1 aromatic heterocycles. The molecule has 0 saturated heterocycles. The van der Waals surface area contributed by atoms with Gasteiger partial charge in [0.2, 0.25) is 0 Å². The minimum absolute atomic E-state index is 0.338. The van der Waals surface area contributed by atoms with Gasteiger partial charge in [-0.2, -0.15) is 0 Å². The van der Waals surface area contributed by atoms with Crippen molar-refractivity contribution in [1.29, 1.82) is 0 Å². The molecule has 0 aliphatic rings. The zero-order valence-corrected chi connectivity index (χ0v) is 19.5. The van der Waals surface area contributed by atoms with Crippen molar-refractivity contribution >= 4 is 39.3 Å². The van der Waals surface area contributed by atoms with Crippen molar-refractivity contribution in [2.75, 3.05) is 0 Å². The molecule has 0 N–H and O–H groups in total. The molecule has 0 fully saturated rings. The molecule has 3 heteroatoms. The maximum atomic E-state index is 7.85. The van der Waals surface area contributed by atoms with E-state index < -0.39 is 20.1 Å². The van der Waals surface area contributed by atoms with Gasteiger partial charge in [-0.3, -0.25) is 0 Å². The number of aromatic nitrogens is 2. The standard InChI is InChI=1S/C25H28GeN2/c1-15-10-16(2)12-20(11-15)24-22-9-8-19-14-21(26(5,6)7)13-17(3)23(19)25(22)28-18(4)27-24/h8-14H,1-7H3/i1D3. The Hall–Kier alpha value is -2.20. The Morgan fingerprint density at radius 1 is 0.857 bits per heavy atom.